The van der Waals surface area contributed by atoms with Crippen LogP contribution in [0.15, 0.2) is 72.6 Å². The fourth-order valence-electron chi connectivity index (χ4n) is 2.02. The number of pyridine rings is 2. The van der Waals surface area contributed by atoms with E-state index in [4.69, 9.17) is 5.11 Å². The molecular formula is C19H18IrN2O2. The molecule has 1 N–H and O–H groups in total. The van der Waals surface area contributed by atoms with Gasteiger partial charge in [0.2, 0.25) is 0 Å². The predicted molar refractivity (Wildman–Crippen MR) is 92.0 cm³/mol. The second kappa shape index (κ2) is 9.71. The molecule has 125 valence electrons. The van der Waals surface area contributed by atoms with Crippen LogP contribution in [0.1, 0.15) is 13.8 Å². The van der Waals surface area contributed by atoms with Gasteiger partial charge in [-0.1, -0.05) is 30.3 Å². The number of ketones is 1. The van der Waals surface area contributed by atoms with Crippen LogP contribution in [0.3, 0.4) is 0 Å². The quantitative estimate of drug-likeness (QED) is 0.422. The molecule has 4 nitrogen and oxygen atoms in total. The number of carbonyl (C=O) groups is 1. The molecule has 0 fully saturated rings. The number of fused-ring (bicyclic) bond motifs is 1. The topological polar surface area (TPSA) is 63.1 Å². The van der Waals surface area contributed by atoms with Crippen molar-refractivity contribution in [2.75, 3.05) is 0 Å². The van der Waals surface area contributed by atoms with Gasteiger partial charge in [0.05, 0.1) is 22.7 Å². The number of nitrogens with zero attached hydrogens (tertiary/aromatic N) is 2. The largest absolute Gasteiger partial charge is 0.512 e. The summed E-state index contributed by atoms with van der Waals surface area (Å²) in [6.07, 6.45) is 2.95. The van der Waals surface area contributed by atoms with E-state index in [0.29, 0.717) is 0 Å². The molecule has 0 saturated heterocycles. The van der Waals surface area contributed by atoms with Crippen molar-refractivity contribution in [1.82, 2.24) is 9.97 Å². The van der Waals surface area contributed by atoms with Crippen molar-refractivity contribution in [1.29, 1.82) is 0 Å². The number of allylic oxidation sites excluding steroid dienone is 2. The average molecular weight is 499 g/mol. The first-order chi connectivity index (χ1) is 11.1. The fraction of sp³-hybridized carbons (Fsp3) is 0.105. The number of hydrogen-bond acceptors (Lipinski definition) is 4. The van der Waals surface area contributed by atoms with Crippen molar-refractivity contribution in [3.8, 4) is 11.4 Å². The third-order valence-corrected chi connectivity index (χ3v) is 2.94. The van der Waals surface area contributed by atoms with Crippen LogP contribution in [0.5, 0.6) is 0 Å². The number of aliphatic hydroxyl groups excluding tert-OH is 1. The number of aromatic nitrogens is 2. The Morgan fingerprint density at radius 3 is 2.25 bits per heavy atom. The van der Waals surface area contributed by atoms with Crippen LogP contribution in [0, 0.1) is 0 Å². The van der Waals surface area contributed by atoms with Crippen LogP contribution in [-0.2, 0) is 24.9 Å². The summed E-state index contributed by atoms with van der Waals surface area (Å²) in [6, 6.07) is 18.0. The monoisotopic (exact) mass is 499 g/mol. The van der Waals surface area contributed by atoms with Gasteiger partial charge in [0.15, 0.2) is 5.78 Å². The third kappa shape index (κ3) is 6.03. The maximum Gasteiger partial charge on any atom is 0.155 e. The van der Waals surface area contributed by atoms with E-state index in [-0.39, 0.29) is 31.6 Å². The normalized spacial score (nSPS) is 10.3. The average Bonchev–Trinajstić information content (AvgIpc) is 2.54. The summed E-state index contributed by atoms with van der Waals surface area (Å²) >= 11 is 0. The summed E-state index contributed by atoms with van der Waals surface area (Å²) in [5.74, 6) is -0.0625. The fourth-order valence-corrected chi connectivity index (χ4v) is 2.02. The molecule has 0 saturated carbocycles. The molecule has 3 rings (SSSR count). The minimum absolute atomic E-state index is 0. The van der Waals surface area contributed by atoms with Gasteiger partial charge in [0, 0.05) is 37.8 Å². The van der Waals surface area contributed by atoms with Crippen LogP contribution >= 0.6 is 0 Å². The number of para-hydroxylation sites is 1. The van der Waals surface area contributed by atoms with Crippen molar-refractivity contribution in [2.45, 2.75) is 13.8 Å². The number of carbonyl (C=O) groups excluding carboxylic acids is 1. The zero-order chi connectivity index (χ0) is 16.7. The molecule has 0 aliphatic carbocycles. The molecule has 24 heavy (non-hydrogen) atoms. The van der Waals surface area contributed by atoms with Crippen molar-refractivity contribution >= 4 is 16.7 Å². The minimum Gasteiger partial charge on any atom is -0.512 e. The molecule has 2 aromatic heterocycles. The van der Waals surface area contributed by atoms with Gasteiger partial charge >= 0.3 is 0 Å². The Morgan fingerprint density at radius 1 is 0.958 bits per heavy atom. The summed E-state index contributed by atoms with van der Waals surface area (Å²) in [4.78, 5) is 18.9. The predicted octanol–water partition coefficient (Wildman–Crippen LogP) is 4.33. The van der Waals surface area contributed by atoms with Crippen molar-refractivity contribution in [3.05, 3.63) is 72.6 Å². The van der Waals surface area contributed by atoms with Gasteiger partial charge in [-0.15, -0.1) is 0 Å². The molecule has 0 atom stereocenters. The summed E-state index contributed by atoms with van der Waals surface area (Å²) < 4.78 is 0. The Morgan fingerprint density at radius 2 is 1.67 bits per heavy atom. The van der Waals surface area contributed by atoms with Crippen molar-refractivity contribution in [2.24, 2.45) is 0 Å². The van der Waals surface area contributed by atoms with Crippen LogP contribution < -0.4 is 0 Å². The smallest absolute Gasteiger partial charge is 0.155 e. The van der Waals surface area contributed by atoms with Crippen molar-refractivity contribution < 1.29 is 30.0 Å². The van der Waals surface area contributed by atoms with E-state index in [1.807, 2.05) is 42.5 Å². The molecule has 0 spiro atoms. The van der Waals surface area contributed by atoms with Gasteiger partial charge in [0.25, 0.3) is 0 Å². The van der Waals surface area contributed by atoms with Gasteiger partial charge in [-0.2, -0.15) is 0 Å². The number of aliphatic hydroxyl groups is 1. The van der Waals surface area contributed by atoms with Crippen LogP contribution in [0.4, 0.5) is 0 Å². The summed E-state index contributed by atoms with van der Waals surface area (Å²) in [7, 11) is 0. The van der Waals surface area contributed by atoms with Crippen LogP contribution in [0.25, 0.3) is 22.3 Å². The van der Waals surface area contributed by atoms with Crippen molar-refractivity contribution in [3.63, 3.8) is 0 Å². The summed E-state index contributed by atoms with van der Waals surface area (Å²) in [5, 5.41) is 9.52. The van der Waals surface area contributed by atoms with Crippen LogP contribution in [0.2, 0.25) is 0 Å². The van der Waals surface area contributed by atoms with Gasteiger partial charge in [-0.05, 0) is 38.1 Å². The van der Waals surface area contributed by atoms with Gasteiger partial charge in [-0.3, -0.25) is 9.78 Å². The Bertz CT molecular complexity index is 829. The van der Waals surface area contributed by atoms with Gasteiger partial charge in [0.1, 0.15) is 0 Å². The Balaban J connectivity index is 0.000000312. The van der Waals surface area contributed by atoms with Gasteiger partial charge in [-0.25, -0.2) is 4.98 Å². The van der Waals surface area contributed by atoms with E-state index in [9.17, 15) is 4.79 Å². The maximum atomic E-state index is 10.0. The molecule has 0 aliphatic rings. The Labute approximate surface area is 154 Å². The molecule has 0 bridgehead atoms. The molecule has 0 unspecified atom stereocenters. The molecule has 1 aromatic carbocycles. The molecule has 0 amide bonds. The molecule has 1 radical (unpaired) electrons. The maximum absolute atomic E-state index is 10.0. The minimum atomic E-state index is -0.125. The second-order valence-corrected chi connectivity index (χ2v) is 5.00. The molecule has 5 heteroatoms. The van der Waals surface area contributed by atoms with E-state index in [1.54, 1.807) is 6.20 Å². The summed E-state index contributed by atoms with van der Waals surface area (Å²) in [5.41, 5.74) is 2.83. The molecular weight excluding hydrogens is 480 g/mol. The Kier molecular flexibility index (Phi) is 7.96. The first-order valence-electron chi connectivity index (χ1n) is 7.21. The number of benzene rings is 1. The van der Waals surface area contributed by atoms with E-state index in [2.05, 4.69) is 22.1 Å². The van der Waals surface area contributed by atoms with E-state index in [1.165, 1.54) is 19.9 Å². The van der Waals surface area contributed by atoms with E-state index >= 15 is 0 Å². The molecule has 3 aromatic rings. The van der Waals surface area contributed by atoms with Crippen LogP contribution in [-0.4, -0.2) is 20.9 Å². The SMILES string of the molecule is CC(=O)/C=C(/C)O.[Ir].c1ccc(-c2ccc3ccccc3n2)nc1. The molecule has 2 heterocycles. The number of hydrogen-bond donors (Lipinski definition) is 1. The Hall–Kier alpha value is -2.36. The zero-order valence-corrected chi connectivity index (χ0v) is 15.8. The van der Waals surface area contributed by atoms with E-state index in [0.717, 1.165) is 22.3 Å². The third-order valence-electron chi connectivity index (χ3n) is 2.94. The molecule has 0 aliphatic heterocycles. The summed E-state index contributed by atoms with van der Waals surface area (Å²) in [6.45, 7) is 2.85. The standard InChI is InChI=1S/C14H10N2.C5H8O2.Ir/c1-2-6-12-11(5-1)8-9-14(16-12)13-7-3-4-10-15-13;1-4(6)3-5(2)7;/h1-10H;3,6H,1-2H3;/b;4-3-;. The first-order valence-corrected chi connectivity index (χ1v) is 7.21. The number of rotatable bonds is 2. The zero-order valence-electron chi connectivity index (χ0n) is 13.4. The first kappa shape index (κ1) is 19.7. The van der Waals surface area contributed by atoms with Gasteiger partial charge < -0.3 is 5.11 Å². The second-order valence-electron chi connectivity index (χ2n) is 5.00. The van der Waals surface area contributed by atoms with E-state index < -0.39 is 0 Å².